The second kappa shape index (κ2) is 7.37. The molecule has 1 aromatic rings. The molecule has 3 heteroatoms. The van der Waals surface area contributed by atoms with Crippen LogP contribution < -0.4 is 10.2 Å². The Bertz CT molecular complexity index is 347. The predicted molar refractivity (Wildman–Crippen MR) is 79.0 cm³/mol. The van der Waals surface area contributed by atoms with Gasteiger partial charge in [-0.2, -0.15) is 0 Å². The van der Waals surface area contributed by atoms with Gasteiger partial charge in [0.05, 0.1) is 0 Å². The maximum absolute atomic E-state index is 4.50. The first kappa shape index (κ1) is 15.0. The van der Waals surface area contributed by atoms with E-state index in [0.29, 0.717) is 12.1 Å². The van der Waals surface area contributed by atoms with Gasteiger partial charge in [0, 0.05) is 31.4 Å². The van der Waals surface area contributed by atoms with Crippen LogP contribution in [0, 0.1) is 0 Å². The summed E-state index contributed by atoms with van der Waals surface area (Å²) in [6.07, 6.45) is 3.06. The van der Waals surface area contributed by atoms with Crippen molar-refractivity contribution in [2.45, 2.75) is 59.7 Å². The fourth-order valence-electron chi connectivity index (χ4n) is 1.93. The van der Waals surface area contributed by atoms with Crippen molar-refractivity contribution in [1.82, 2.24) is 10.3 Å². The van der Waals surface area contributed by atoms with E-state index in [9.17, 15) is 0 Å². The Kier molecular flexibility index (Phi) is 6.13. The molecule has 0 unspecified atom stereocenters. The molecular formula is C15H27N3. The van der Waals surface area contributed by atoms with E-state index in [1.54, 1.807) is 0 Å². The van der Waals surface area contributed by atoms with E-state index in [0.717, 1.165) is 25.3 Å². The zero-order valence-corrected chi connectivity index (χ0v) is 12.4. The molecular weight excluding hydrogens is 222 g/mol. The first-order valence-corrected chi connectivity index (χ1v) is 6.99. The molecule has 0 radical (unpaired) electrons. The second-order valence-corrected chi connectivity index (χ2v) is 5.35. The summed E-state index contributed by atoms with van der Waals surface area (Å²) in [6, 6.07) is 5.29. The highest BCUT2D eigenvalue weighted by atomic mass is 15.2. The molecule has 0 atom stereocenters. The number of nitrogens with one attached hydrogen (secondary N) is 1. The predicted octanol–water partition coefficient (Wildman–Crippen LogP) is 3.20. The molecule has 18 heavy (non-hydrogen) atoms. The lowest BCUT2D eigenvalue weighted by Crippen LogP contribution is -2.32. The van der Waals surface area contributed by atoms with Crippen LogP contribution in [0.5, 0.6) is 0 Å². The molecule has 0 bridgehead atoms. The summed E-state index contributed by atoms with van der Waals surface area (Å²) in [6.45, 7) is 12.9. The van der Waals surface area contributed by atoms with E-state index >= 15 is 0 Å². The molecule has 102 valence electrons. The van der Waals surface area contributed by atoms with Crippen LogP contribution in [0.3, 0.4) is 0 Å². The van der Waals surface area contributed by atoms with Gasteiger partial charge in [-0.25, -0.2) is 4.98 Å². The zero-order chi connectivity index (χ0) is 13.5. The number of hydrogen-bond acceptors (Lipinski definition) is 3. The number of pyridine rings is 1. The van der Waals surface area contributed by atoms with E-state index in [1.807, 2.05) is 6.20 Å². The number of aromatic nitrogens is 1. The first-order valence-electron chi connectivity index (χ1n) is 6.99. The molecule has 0 aliphatic carbocycles. The van der Waals surface area contributed by atoms with E-state index in [1.165, 1.54) is 5.56 Å². The van der Waals surface area contributed by atoms with E-state index < -0.39 is 0 Å². The van der Waals surface area contributed by atoms with Crippen LogP contribution >= 0.6 is 0 Å². The van der Waals surface area contributed by atoms with Crippen molar-refractivity contribution in [2.24, 2.45) is 0 Å². The van der Waals surface area contributed by atoms with E-state index in [-0.39, 0.29) is 0 Å². The van der Waals surface area contributed by atoms with Crippen LogP contribution in [0.1, 0.15) is 46.6 Å². The number of hydrogen-bond donors (Lipinski definition) is 1. The third-order valence-corrected chi connectivity index (χ3v) is 2.91. The monoisotopic (exact) mass is 249 g/mol. The van der Waals surface area contributed by atoms with Crippen molar-refractivity contribution in [3.8, 4) is 0 Å². The number of nitrogens with zero attached hydrogens (tertiary/aromatic N) is 2. The number of anilines is 1. The third-order valence-electron chi connectivity index (χ3n) is 2.91. The minimum Gasteiger partial charge on any atom is -0.354 e. The Balaban J connectivity index is 2.78. The van der Waals surface area contributed by atoms with Gasteiger partial charge < -0.3 is 10.2 Å². The molecule has 0 saturated carbocycles. The molecule has 0 saturated heterocycles. The number of rotatable bonds is 7. The average molecular weight is 249 g/mol. The normalized spacial score (nSPS) is 11.3. The molecule has 1 rings (SSSR count). The van der Waals surface area contributed by atoms with Crippen molar-refractivity contribution in [1.29, 1.82) is 0 Å². The largest absolute Gasteiger partial charge is 0.354 e. The highest BCUT2D eigenvalue weighted by Gasteiger charge is 2.11. The topological polar surface area (TPSA) is 28.2 Å². The lowest BCUT2D eigenvalue weighted by Gasteiger charge is -2.27. The van der Waals surface area contributed by atoms with Crippen molar-refractivity contribution in [3.63, 3.8) is 0 Å². The summed E-state index contributed by atoms with van der Waals surface area (Å²) in [5, 5.41) is 3.44. The maximum atomic E-state index is 4.50. The third kappa shape index (κ3) is 4.65. The zero-order valence-electron chi connectivity index (χ0n) is 12.4. The lowest BCUT2D eigenvalue weighted by atomic mass is 10.2. The van der Waals surface area contributed by atoms with E-state index in [2.05, 4.69) is 62.0 Å². The average Bonchev–Trinajstić information content (AvgIpc) is 2.33. The first-order chi connectivity index (χ1) is 8.54. The minimum absolute atomic E-state index is 0.491. The summed E-state index contributed by atoms with van der Waals surface area (Å²) in [7, 11) is 0. The molecule has 3 nitrogen and oxygen atoms in total. The Hall–Kier alpha value is -1.09. The Morgan fingerprint density at radius 1 is 1.28 bits per heavy atom. The van der Waals surface area contributed by atoms with Gasteiger partial charge in [-0.3, -0.25) is 0 Å². The molecule has 0 aliphatic heterocycles. The van der Waals surface area contributed by atoms with Crippen LogP contribution in [-0.4, -0.2) is 23.6 Å². The standard InChI is InChI=1S/C15H27N3/c1-6-9-18(13(4)5)15-10-14(7-8-16-15)11-17-12(2)3/h7-8,10,12-13,17H,6,9,11H2,1-5H3. The van der Waals surface area contributed by atoms with Gasteiger partial charge in [0.2, 0.25) is 0 Å². The molecule has 0 spiro atoms. The molecule has 0 aliphatic rings. The van der Waals surface area contributed by atoms with Gasteiger partial charge in [0.1, 0.15) is 5.82 Å². The molecule has 0 amide bonds. The van der Waals surface area contributed by atoms with Crippen LogP contribution in [-0.2, 0) is 6.54 Å². The summed E-state index contributed by atoms with van der Waals surface area (Å²) >= 11 is 0. The van der Waals surface area contributed by atoms with Crippen molar-refractivity contribution >= 4 is 5.82 Å². The quantitative estimate of drug-likeness (QED) is 0.804. The van der Waals surface area contributed by atoms with Crippen LogP contribution in [0.4, 0.5) is 5.82 Å². The van der Waals surface area contributed by atoms with Crippen LogP contribution in [0.2, 0.25) is 0 Å². The molecule has 1 N–H and O–H groups in total. The Morgan fingerprint density at radius 3 is 2.56 bits per heavy atom. The van der Waals surface area contributed by atoms with Crippen molar-refractivity contribution in [3.05, 3.63) is 23.9 Å². The second-order valence-electron chi connectivity index (χ2n) is 5.35. The van der Waals surface area contributed by atoms with Gasteiger partial charge in [-0.15, -0.1) is 0 Å². The van der Waals surface area contributed by atoms with E-state index in [4.69, 9.17) is 0 Å². The molecule has 1 heterocycles. The summed E-state index contributed by atoms with van der Waals surface area (Å²) in [4.78, 5) is 6.86. The van der Waals surface area contributed by atoms with Gasteiger partial charge in [-0.1, -0.05) is 20.8 Å². The van der Waals surface area contributed by atoms with Crippen LogP contribution in [0.25, 0.3) is 0 Å². The van der Waals surface area contributed by atoms with Crippen molar-refractivity contribution in [2.75, 3.05) is 11.4 Å². The molecule has 0 fully saturated rings. The van der Waals surface area contributed by atoms with Crippen molar-refractivity contribution < 1.29 is 0 Å². The van der Waals surface area contributed by atoms with Gasteiger partial charge >= 0.3 is 0 Å². The molecule has 1 aromatic heterocycles. The van der Waals surface area contributed by atoms with Gasteiger partial charge in [0.15, 0.2) is 0 Å². The Labute approximate surface area is 112 Å². The maximum Gasteiger partial charge on any atom is 0.129 e. The van der Waals surface area contributed by atoms with Gasteiger partial charge in [-0.05, 0) is 38.0 Å². The van der Waals surface area contributed by atoms with Gasteiger partial charge in [0.25, 0.3) is 0 Å². The molecule has 0 aromatic carbocycles. The Morgan fingerprint density at radius 2 is 2.00 bits per heavy atom. The lowest BCUT2D eigenvalue weighted by molar-refractivity contribution is 0.587. The highest BCUT2D eigenvalue weighted by Crippen LogP contribution is 2.16. The fraction of sp³-hybridized carbons (Fsp3) is 0.667. The highest BCUT2D eigenvalue weighted by molar-refractivity contribution is 5.41. The summed E-state index contributed by atoms with van der Waals surface area (Å²) < 4.78 is 0. The smallest absolute Gasteiger partial charge is 0.129 e. The summed E-state index contributed by atoms with van der Waals surface area (Å²) in [5.74, 6) is 1.09. The fourth-order valence-corrected chi connectivity index (χ4v) is 1.93. The minimum atomic E-state index is 0.491. The SMILES string of the molecule is CCCN(c1cc(CNC(C)C)ccn1)C(C)C. The van der Waals surface area contributed by atoms with Crippen LogP contribution in [0.15, 0.2) is 18.3 Å². The summed E-state index contributed by atoms with van der Waals surface area (Å²) in [5.41, 5.74) is 1.30.